The molecule has 0 fully saturated rings. The highest BCUT2D eigenvalue weighted by atomic mass is 16.5. The van der Waals surface area contributed by atoms with Crippen LogP contribution in [0.5, 0.6) is 5.75 Å². The predicted molar refractivity (Wildman–Crippen MR) is 114 cm³/mol. The second kappa shape index (κ2) is 9.24. The molecule has 0 radical (unpaired) electrons. The summed E-state index contributed by atoms with van der Waals surface area (Å²) in [5.74, 6) is -0.00585. The third-order valence-electron chi connectivity index (χ3n) is 4.69. The molecule has 0 aliphatic rings. The number of hydrogen-bond acceptors (Lipinski definition) is 4. The average molecular weight is 391 g/mol. The number of rotatable bonds is 7. The number of ether oxygens (including phenoxy) is 2. The van der Waals surface area contributed by atoms with E-state index >= 15 is 0 Å². The number of nitrogens with one attached hydrogen (secondary N) is 1. The van der Waals surface area contributed by atoms with E-state index in [0.29, 0.717) is 30.0 Å². The van der Waals surface area contributed by atoms with E-state index in [0.717, 1.165) is 16.3 Å². The van der Waals surface area contributed by atoms with Crippen LogP contribution in [0.1, 0.15) is 36.2 Å². The molecule has 5 nitrogen and oxygen atoms in total. The van der Waals surface area contributed by atoms with Gasteiger partial charge in [0.15, 0.2) is 6.10 Å². The fraction of sp³-hybridized carbons (Fsp3) is 0.250. The number of carbonyl (C=O) groups excluding carboxylic acids is 2. The van der Waals surface area contributed by atoms with Gasteiger partial charge in [-0.1, -0.05) is 49.4 Å². The van der Waals surface area contributed by atoms with Crippen molar-refractivity contribution in [1.82, 2.24) is 0 Å². The normalized spacial score (nSPS) is 11.7. The van der Waals surface area contributed by atoms with Crippen LogP contribution in [0.15, 0.2) is 60.7 Å². The number of hydrogen-bond donors (Lipinski definition) is 1. The molecule has 5 heteroatoms. The fourth-order valence-corrected chi connectivity index (χ4v) is 3.09. The summed E-state index contributed by atoms with van der Waals surface area (Å²) in [5, 5.41) is 4.91. The van der Waals surface area contributed by atoms with E-state index in [2.05, 4.69) is 5.32 Å². The molecular formula is C24H25NO4. The second-order valence-electron chi connectivity index (χ2n) is 6.73. The Labute approximate surface area is 170 Å². The van der Waals surface area contributed by atoms with Crippen LogP contribution in [0.25, 0.3) is 10.8 Å². The van der Waals surface area contributed by atoms with Gasteiger partial charge in [0.1, 0.15) is 5.75 Å². The molecule has 1 amide bonds. The monoisotopic (exact) mass is 391 g/mol. The van der Waals surface area contributed by atoms with E-state index in [4.69, 9.17) is 9.47 Å². The van der Waals surface area contributed by atoms with Gasteiger partial charge in [0.05, 0.1) is 12.2 Å². The van der Waals surface area contributed by atoms with Crippen LogP contribution in [0, 0.1) is 6.92 Å². The van der Waals surface area contributed by atoms with Crippen LogP contribution in [-0.2, 0) is 9.53 Å². The number of carbonyl (C=O) groups is 2. The summed E-state index contributed by atoms with van der Waals surface area (Å²) in [7, 11) is 0. The molecule has 150 valence electrons. The third-order valence-corrected chi connectivity index (χ3v) is 4.69. The zero-order valence-electron chi connectivity index (χ0n) is 16.9. The number of anilines is 1. The molecule has 1 N–H and O–H groups in total. The number of esters is 1. The minimum Gasteiger partial charge on any atom is -0.480 e. The zero-order chi connectivity index (χ0) is 20.8. The van der Waals surface area contributed by atoms with Crippen molar-refractivity contribution in [3.05, 3.63) is 71.8 Å². The summed E-state index contributed by atoms with van der Waals surface area (Å²) in [4.78, 5) is 24.9. The molecule has 0 saturated heterocycles. The smallest absolute Gasteiger partial charge is 0.338 e. The lowest BCUT2D eigenvalue weighted by Gasteiger charge is -2.19. The van der Waals surface area contributed by atoms with Gasteiger partial charge in [-0.3, -0.25) is 4.79 Å². The molecule has 3 aromatic rings. The summed E-state index contributed by atoms with van der Waals surface area (Å²) < 4.78 is 11.1. The maximum atomic E-state index is 12.9. The Morgan fingerprint density at radius 1 is 1.00 bits per heavy atom. The van der Waals surface area contributed by atoms with Crippen LogP contribution in [0.2, 0.25) is 0 Å². The van der Waals surface area contributed by atoms with Gasteiger partial charge in [-0.2, -0.15) is 0 Å². The van der Waals surface area contributed by atoms with E-state index in [1.165, 1.54) is 0 Å². The largest absolute Gasteiger partial charge is 0.480 e. The number of aryl methyl sites for hydroxylation is 1. The highest BCUT2D eigenvalue weighted by molar-refractivity contribution is 5.98. The molecule has 0 aliphatic carbocycles. The van der Waals surface area contributed by atoms with Crippen molar-refractivity contribution in [2.75, 3.05) is 11.9 Å². The Hall–Kier alpha value is -3.34. The van der Waals surface area contributed by atoms with Crippen molar-refractivity contribution in [2.45, 2.75) is 33.3 Å². The first kappa shape index (κ1) is 20.4. The molecule has 1 atom stereocenters. The van der Waals surface area contributed by atoms with E-state index in [-0.39, 0.29) is 5.91 Å². The quantitative estimate of drug-likeness (QED) is 0.568. The Kier molecular flexibility index (Phi) is 6.50. The van der Waals surface area contributed by atoms with Gasteiger partial charge in [-0.05, 0) is 49.4 Å². The molecule has 0 spiro atoms. The molecule has 0 heterocycles. The maximum Gasteiger partial charge on any atom is 0.338 e. The van der Waals surface area contributed by atoms with Gasteiger partial charge in [0.25, 0.3) is 5.91 Å². The topological polar surface area (TPSA) is 64.6 Å². The summed E-state index contributed by atoms with van der Waals surface area (Å²) >= 11 is 0. The molecule has 0 aliphatic heterocycles. The van der Waals surface area contributed by atoms with Crippen LogP contribution in [0.3, 0.4) is 0 Å². The van der Waals surface area contributed by atoms with E-state index < -0.39 is 12.1 Å². The van der Waals surface area contributed by atoms with Gasteiger partial charge in [0.2, 0.25) is 0 Å². The Morgan fingerprint density at radius 3 is 2.52 bits per heavy atom. The van der Waals surface area contributed by atoms with Crippen LogP contribution in [-0.4, -0.2) is 24.6 Å². The summed E-state index contributed by atoms with van der Waals surface area (Å²) in [6, 6.07) is 18.8. The molecule has 29 heavy (non-hydrogen) atoms. The minimum atomic E-state index is -0.661. The van der Waals surface area contributed by atoms with Crippen molar-refractivity contribution in [2.24, 2.45) is 0 Å². The Balaban J connectivity index is 1.80. The maximum absolute atomic E-state index is 12.9. The number of amides is 1. The SMILES string of the molecule is CCOC(=O)c1ccc(C)c(NC(=O)C(CC)Oc2cccc3ccccc23)c1. The van der Waals surface area contributed by atoms with E-state index in [1.54, 1.807) is 25.1 Å². The highest BCUT2D eigenvalue weighted by Crippen LogP contribution is 2.27. The minimum absolute atomic E-state index is 0.260. The molecular weight excluding hydrogens is 366 g/mol. The van der Waals surface area contributed by atoms with Gasteiger partial charge in [-0.25, -0.2) is 4.79 Å². The summed E-state index contributed by atoms with van der Waals surface area (Å²) in [5.41, 5.74) is 1.82. The van der Waals surface area contributed by atoms with Gasteiger partial charge in [-0.15, -0.1) is 0 Å². The Bertz CT molecular complexity index is 1020. The molecule has 3 rings (SSSR count). The molecule has 0 saturated carbocycles. The molecule has 3 aromatic carbocycles. The third kappa shape index (κ3) is 4.74. The lowest BCUT2D eigenvalue weighted by Crippen LogP contribution is -2.32. The molecule has 0 aromatic heterocycles. The second-order valence-corrected chi connectivity index (χ2v) is 6.73. The number of fused-ring (bicyclic) bond motifs is 1. The predicted octanol–water partition coefficient (Wildman–Crippen LogP) is 5.12. The van der Waals surface area contributed by atoms with E-state index in [1.807, 2.05) is 56.3 Å². The lowest BCUT2D eigenvalue weighted by atomic mass is 10.1. The average Bonchev–Trinajstić information content (AvgIpc) is 2.73. The zero-order valence-corrected chi connectivity index (χ0v) is 16.9. The fourth-order valence-electron chi connectivity index (χ4n) is 3.09. The van der Waals surface area contributed by atoms with Crippen molar-refractivity contribution in [3.8, 4) is 5.75 Å². The lowest BCUT2D eigenvalue weighted by molar-refractivity contribution is -0.122. The van der Waals surface area contributed by atoms with Crippen molar-refractivity contribution >= 4 is 28.3 Å². The summed E-state index contributed by atoms with van der Waals surface area (Å²) in [6.45, 7) is 5.82. The van der Waals surface area contributed by atoms with Gasteiger partial charge < -0.3 is 14.8 Å². The highest BCUT2D eigenvalue weighted by Gasteiger charge is 2.21. The Morgan fingerprint density at radius 2 is 1.76 bits per heavy atom. The first-order valence-electron chi connectivity index (χ1n) is 9.76. The first-order valence-corrected chi connectivity index (χ1v) is 9.76. The summed E-state index contributed by atoms with van der Waals surface area (Å²) in [6.07, 6.45) is -0.155. The first-order chi connectivity index (χ1) is 14.0. The van der Waals surface area contributed by atoms with Crippen molar-refractivity contribution in [1.29, 1.82) is 0 Å². The molecule has 1 unspecified atom stereocenters. The van der Waals surface area contributed by atoms with Gasteiger partial charge >= 0.3 is 5.97 Å². The number of benzene rings is 3. The van der Waals surface area contributed by atoms with Crippen molar-refractivity contribution < 1.29 is 19.1 Å². The van der Waals surface area contributed by atoms with Crippen LogP contribution < -0.4 is 10.1 Å². The van der Waals surface area contributed by atoms with Crippen LogP contribution >= 0.6 is 0 Å². The van der Waals surface area contributed by atoms with Crippen LogP contribution in [0.4, 0.5) is 5.69 Å². The molecule has 0 bridgehead atoms. The van der Waals surface area contributed by atoms with Crippen molar-refractivity contribution in [3.63, 3.8) is 0 Å². The standard InChI is InChI=1S/C24H25NO4/c1-4-21(29-22-12-8-10-17-9-6-7-11-19(17)22)23(26)25-20-15-18(14-13-16(20)3)24(27)28-5-2/h6-15,21H,4-5H2,1-3H3,(H,25,26). The van der Waals surface area contributed by atoms with E-state index in [9.17, 15) is 9.59 Å². The van der Waals surface area contributed by atoms with Gasteiger partial charge in [0, 0.05) is 11.1 Å².